The molecule has 0 aromatic carbocycles. The van der Waals surface area contributed by atoms with E-state index >= 15 is 0 Å². The molecular formula is C16H32N2O. The van der Waals surface area contributed by atoms with Crippen LogP contribution in [0.15, 0.2) is 0 Å². The van der Waals surface area contributed by atoms with Gasteiger partial charge in [-0.1, -0.05) is 27.2 Å². The maximum atomic E-state index is 6.24. The zero-order valence-corrected chi connectivity index (χ0v) is 13.0. The van der Waals surface area contributed by atoms with E-state index in [2.05, 4.69) is 25.7 Å². The summed E-state index contributed by atoms with van der Waals surface area (Å²) in [6, 6.07) is 0.798. The minimum Gasteiger partial charge on any atom is -0.378 e. The maximum Gasteiger partial charge on any atom is 0.0593 e. The molecule has 0 aromatic rings. The fourth-order valence-corrected chi connectivity index (χ4v) is 3.58. The van der Waals surface area contributed by atoms with E-state index in [1.54, 1.807) is 0 Å². The molecule has 2 atom stereocenters. The van der Waals surface area contributed by atoms with Crippen LogP contribution in [0.3, 0.4) is 0 Å². The van der Waals surface area contributed by atoms with Crippen molar-refractivity contribution in [2.45, 2.75) is 77.0 Å². The van der Waals surface area contributed by atoms with Crippen LogP contribution in [0.1, 0.15) is 59.3 Å². The summed E-state index contributed by atoms with van der Waals surface area (Å²) < 4.78 is 5.95. The molecular weight excluding hydrogens is 236 g/mol. The molecule has 2 unspecified atom stereocenters. The van der Waals surface area contributed by atoms with E-state index < -0.39 is 0 Å². The van der Waals surface area contributed by atoms with Crippen molar-refractivity contribution in [2.75, 3.05) is 19.7 Å². The molecule has 2 rings (SSSR count). The first-order valence-electron chi connectivity index (χ1n) is 8.19. The number of nitrogens with two attached hydrogens (primary N) is 1. The second kappa shape index (κ2) is 6.55. The fourth-order valence-electron chi connectivity index (χ4n) is 3.58. The fraction of sp³-hybridized carbons (Fsp3) is 1.00. The van der Waals surface area contributed by atoms with E-state index in [1.165, 1.54) is 32.2 Å². The smallest absolute Gasteiger partial charge is 0.0593 e. The van der Waals surface area contributed by atoms with Crippen molar-refractivity contribution in [1.82, 2.24) is 4.90 Å². The van der Waals surface area contributed by atoms with E-state index in [-0.39, 0.29) is 5.54 Å². The molecule has 1 aliphatic heterocycles. The van der Waals surface area contributed by atoms with E-state index in [1.807, 2.05) is 0 Å². The van der Waals surface area contributed by atoms with Gasteiger partial charge < -0.3 is 10.5 Å². The molecule has 0 bridgehead atoms. The highest BCUT2D eigenvalue weighted by molar-refractivity contribution is 5.02. The minimum atomic E-state index is 0.212. The van der Waals surface area contributed by atoms with E-state index in [0.717, 1.165) is 38.0 Å². The summed E-state index contributed by atoms with van der Waals surface area (Å²) >= 11 is 0. The summed E-state index contributed by atoms with van der Waals surface area (Å²) in [6.07, 6.45) is 7.81. The Hall–Kier alpha value is -0.120. The summed E-state index contributed by atoms with van der Waals surface area (Å²) in [5, 5.41) is 0. The van der Waals surface area contributed by atoms with E-state index in [0.29, 0.717) is 6.10 Å². The van der Waals surface area contributed by atoms with Crippen molar-refractivity contribution in [3.63, 3.8) is 0 Å². The number of hydrogen-bond donors (Lipinski definition) is 1. The first-order valence-corrected chi connectivity index (χ1v) is 8.19. The van der Waals surface area contributed by atoms with Crippen LogP contribution in [-0.2, 0) is 4.74 Å². The molecule has 3 heteroatoms. The summed E-state index contributed by atoms with van der Waals surface area (Å²) in [7, 11) is 0. The lowest BCUT2D eigenvalue weighted by Crippen LogP contribution is -2.60. The van der Waals surface area contributed by atoms with Crippen LogP contribution in [0.5, 0.6) is 0 Å². The van der Waals surface area contributed by atoms with E-state index in [9.17, 15) is 0 Å². The first-order chi connectivity index (χ1) is 9.11. The zero-order valence-electron chi connectivity index (χ0n) is 13.0. The molecule has 1 heterocycles. The quantitative estimate of drug-likeness (QED) is 0.771. The highest BCUT2D eigenvalue weighted by atomic mass is 16.5. The third-order valence-electron chi connectivity index (χ3n) is 4.68. The highest BCUT2D eigenvalue weighted by Crippen LogP contribution is 2.40. The number of ether oxygens (including phenoxy) is 1. The Morgan fingerprint density at radius 3 is 2.63 bits per heavy atom. The van der Waals surface area contributed by atoms with Gasteiger partial charge >= 0.3 is 0 Å². The van der Waals surface area contributed by atoms with Gasteiger partial charge in [0, 0.05) is 31.3 Å². The van der Waals surface area contributed by atoms with Crippen LogP contribution in [0.2, 0.25) is 0 Å². The molecule has 0 radical (unpaired) electrons. The van der Waals surface area contributed by atoms with Crippen LogP contribution < -0.4 is 5.73 Å². The minimum absolute atomic E-state index is 0.212. The molecule has 0 amide bonds. The Balaban J connectivity index is 2.09. The van der Waals surface area contributed by atoms with Crippen LogP contribution in [0.25, 0.3) is 0 Å². The summed E-state index contributed by atoms with van der Waals surface area (Å²) in [4.78, 5) is 2.75. The average molecular weight is 268 g/mol. The van der Waals surface area contributed by atoms with Crippen LogP contribution in [0.4, 0.5) is 0 Å². The number of rotatable bonds is 7. The monoisotopic (exact) mass is 268 g/mol. The molecule has 3 nitrogen and oxygen atoms in total. The lowest BCUT2D eigenvalue weighted by Gasteiger charge is -2.49. The molecule has 0 aromatic heterocycles. The molecule has 2 aliphatic rings. The van der Waals surface area contributed by atoms with Crippen molar-refractivity contribution >= 4 is 0 Å². The third kappa shape index (κ3) is 3.71. The predicted molar refractivity (Wildman–Crippen MR) is 80.2 cm³/mol. The van der Waals surface area contributed by atoms with E-state index in [4.69, 9.17) is 10.5 Å². The molecule has 1 saturated carbocycles. The largest absolute Gasteiger partial charge is 0.378 e. The van der Waals surface area contributed by atoms with Crippen molar-refractivity contribution in [1.29, 1.82) is 0 Å². The normalized spacial score (nSPS) is 32.2. The van der Waals surface area contributed by atoms with Gasteiger partial charge in [-0.2, -0.15) is 0 Å². The Morgan fingerprint density at radius 1 is 1.37 bits per heavy atom. The van der Waals surface area contributed by atoms with Gasteiger partial charge in [-0.25, -0.2) is 0 Å². The molecule has 2 N–H and O–H groups in total. The highest BCUT2D eigenvalue weighted by Gasteiger charge is 2.46. The van der Waals surface area contributed by atoms with Crippen molar-refractivity contribution in [3.05, 3.63) is 0 Å². The second-order valence-electron chi connectivity index (χ2n) is 6.94. The summed E-state index contributed by atoms with van der Waals surface area (Å²) in [6.45, 7) is 9.77. The van der Waals surface area contributed by atoms with Gasteiger partial charge in [-0.3, -0.25) is 4.90 Å². The Kier molecular flexibility index (Phi) is 5.27. The lowest BCUT2D eigenvalue weighted by atomic mass is 9.82. The van der Waals surface area contributed by atoms with Gasteiger partial charge in [-0.05, 0) is 38.0 Å². The van der Waals surface area contributed by atoms with Crippen molar-refractivity contribution in [3.8, 4) is 0 Å². The van der Waals surface area contributed by atoms with Gasteiger partial charge in [0.2, 0.25) is 0 Å². The molecule has 0 spiro atoms. The van der Waals surface area contributed by atoms with Gasteiger partial charge in [-0.15, -0.1) is 0 Å². The lowest BCUT2D eigenvalue weighted by molar-refractivity contribution is -0.0794. The summed E-state index contributed by atoms with van der Waals surface area (Å²) in [5.74, 6) is 0.719. The zero-order chi connectivity index (χ0) is 13.9. The van der Waals surface area contributed by atoms with Crippen LogP contribution >= 0.6 is 0 Å². The second-order valence-corrected chi connectivity index (χ2v) is 6.94. The van der Waals surface area contributed by atoms with Gasteiger partial charge in [0.15, 0.2) is 0 Å². The van der Waals surface area contributed by atoms with Crippen molar-refractivity contribution < 1.29 is 4.74 Å². The SMILES string of the molecule is CCCC1CC(CN)(N(CC(C)C)C2CC2)CCO1. The molecule has 112 valence electrons. The first kappa shape index (κ1) is 15.3. The molecule has 1 aliphatic carbocycles. The van der Waals surface area contributed by atoms with Crippen molar-refractivity contribution in [2.24, 2.45) is 11.7 Å². The Morgan fingerprint density at radius 2 is 2.11 bits per heavy atom. The van der Waals surface area contributed by atoms with Gasteiger partial charge in [0.25, 0.3) is 0 Å². The predicted octanol–water partition coefficient (Wildman–Crippen LogP) is 2.78. The molecule has 2 fully saturated rings. The molecule has 19 heavy (non-hydrogen) atoms. The number of hydrogen-bond acceptors (Lipinski definition) is 3. The summed E-state index contributed by atoms with van der Waals surface area (Å²) in [5.41, 5.74) is 6.45. The standard InChI is InChI=1S/C16H32N2O/c1-4-5-15-10-16(12-17,8-9-19-15)18(11-13(2)3)14-6-7-14/h13-15H,4-12,17H2,1-3H3. The van der Waals surface area contributed by atoms with Crippen LogP contribution in [-0.4, -0.2) is 42.3 Å². The van der Waals surface area contributed by atoms with Gasteiger partial charge in [0.1, 0.15) is 0 Å². The maximum absolute atomic E-state index is 6.24. The third-order valence-corrected chi connectivity index (χ3v) is 4.68. The Bertz CT molecular complexity index is 276. The number of nitrogens with zero attached hydrogens (tertiary/aromatic N) is 1. The average Bonchev–Trinajstić information content (AvgIpc) is 3.20. The Labute approximate surface area is 118 Å². The topological polar surface area (TPSA) is 38.5 Å². The van der Waals surface area contributed by atoms with Gasteiger partial charge in [0.05, 0.1) is 6.10 Å². The molecule has 1 saturated heterocycles. The van der Waals surface area contributed by atoms with Crippen LogP contribution in [0, 0.1) is 5.92 Å².